The first-order valence-corrected chi connectivity index (χ1v) is 5.55. The van der Waals surface area contributed by atoms with E-state index in [0.717, 1.165) is 22.0 Å². The predicted molar refractivity (Wildman–Crippen MR) is 65.1 cm³/mol. The summed E-state index contributed by atoms with van der Waals surface area (Å²) in [6, 6.07) is 7.58. The second-order valence-electron chi connectivity index (χ2n) is 3.23. The summed E-state index contributed by atoms with van der Waals surface area (Å²) in [6.07, 6.45) is 0. The molecule has 80 valence electrons. The van der Waals surface area contributed by atoms with Gasteiger partial charge in [0.1, 0.15) is 5.75 Å². The Morgan fingerprint density at radius 1 is 1.31 bits per heavy atom. The van der Waals surface area contributed by atoms with Crippen LogP contribution < -0.4 is 4.74 Å². The van der Waals surface area contributed by atoms with Crippen molar-refractivity contribution in [3.63, 3.8) is 0 Å². The Labute approximate surface area is 98.2 Å². The molecule has 0 spiro atoms. The molecule has 4 heteroatoms. The maximum absolute atomic E-state index is 7.10. The number of hydrogen-bond donors (Lipinski definition) is 0. The van der Waals surface area contributed by atoms with Gasteiger partial charge in [0, 0.05) is 0 Å². The van der Waals surface area contributed by atoms with Crippen LogP contribution >= 0.6 is 11.3 Å². The molecule has 0 N–H and O–H groups in total. The van der Waals surface area contributed by atoms with Crippen molar-refractivity contribution in [1.29, 1.82) is 0 Å². The molecular formula is C12H10N2OS. The van der Waals surface area contributed by atoms with Crippen LogP contribution in [-0.2, 0) is 0 Å². The van der Waals surface area contributed by atoms with E-state index in [0.29, 0.717) is 5.00 Å². The van der Waals surface area contributed by atoms with Crippen molar-refractivity contribution in [2.24, 2.45) is 0 Å². The molecule has 0 saturated heterocycles. The molecule has 0 atom stereocenters. The van der Waals surface area contributed by atoms with Gasteiger partial charge in [0.25, 0.3) is 5.00 Å². The van der Waals surface area contributed by atoms with E-state index in [2.05, 4.69) is 9.83 Å². The minimum absolute atomic E-state index is 0.641. The molecule has 3 nitrogen and oxygen atoms in total. The Morgan fingerprint density at radius 2 is 2.00 bits per heavy atom. The molecule has 1 heterocycles. The molecule has 0 bridgehead atoms. The van der Waals surface area contributed by atoms with E-state index in [1.165, 1.54) is 11.3 Å². The summed E-state index contributed by atoms with van der Waals surface area (Å²) in [5.41, 5.74) is 1.72. The maximum Gasteiger partial charge on any atom is 0.268 e. The highest BCUT2D eigenvalue weighted by molar-refractivity contribution is 7.16. The van der Waals surface area contributed by atoms with Gasteiger partial charge >= 0.3 is 0 Å². The number of thiazole rings is 1. The largest absolute Gasteiger partial charge is 0.497 e. The zero-order valence-electron chi connectivity index (χ0n) is 9.02. The monoisotopic (exact) mass is 230 g/mol. The molecule has 2 aromatic rings. The summed E-state index contributed by atoms with van der Waals surface area (Å²) in [5, 5.41) is 1.56. The first-order chi connectivity index (χ1) is 7.74. The Hall–Kier alpha value is -1.86. The van der Waals surface area contributed by atoms with Crippen LogP contribution in [0.3, 0.4) is 0 Å². The van der Waals surface area contributed by atoms with Crippen LogP contribution in [0.5, 0.6) is 5.75 Å². The molecule has 0 fully saturated rings. The Balaban J connectivity index is 2.46. The summed E-state index contributed by atoms with van der Waals surface area (Å²) in [5.74, 6) is 0.806. The summed E-state index contributed by atoms with van der Waals surface area (Å²) >= 11 is 1.42. The summed E-state index contributed by atoms with van der Waals surface area (Å²) in [4.78, 5) is 7.86. The van der Waals surface area contributed by atoms with Crippen LogP contribution in [0.15, 0.2) is 24.3 Å². The topological polar surface area (TPSA) is 26.5 Å². The molecule has 0 aliphatic heterocycles. The van der Waals surface area contributed by atoms with Crippen LogP contribution in [0.25, 0.3) is 16.1 Å². The molecule has 0 aliphatic rings. The molecule has 0 unspecified atom stereocenters. The SMILES string of the molecule is [C-]#[N+]c1sc(C)nc1-c1ccc(OC)cc1. The molecule has 0 saturated carbocycles. The first-order valence-electron chi connectivity index (χ1n) is 4.74. The molecule has 16 heavy (non-hydrogen) atoms. The van der Waals surface area contributed by atoms with Crippen molar-refractivity contribution < 1.29 is 4.74 Å². The Bertz CT molecular complexity index is 537. The zero-order valence-corrected chi connectivity index (χ0v) is 9.84. The minimum atomic E-state index is 0.641. The van der Waals surface area contributed by atoms with Gasteiger partial charge in [-0.05, 0) is 24.6 Å². The van der Waals surface area contributed by atoms with E-state index in [4.69, 9.17) is 11.3 Å². The third-order valence-electron chi connectivity index (χ3n) is 2.18. The maximum atomic E-state index is 7.10. The smallest absolute Gasteiger partial charge is 0.268 e. The quantitative estimate of drug-likeness (QED) is 0.736. The van der Waals surface area contributed by atoms with Crippen molar-refractivity contribution in [2.45, 2.75) is 6.92 Å². The summed E-state index contributed by atoms with van der Waals surface area (Å²) in [7, 11) is 1.63. The van der Waals surface area contributed by atoms with Gasteiger partial charge in [-0.15, -0.1) is 11.3 Å². The van der Waals surface area contributed by atoms with Crippen molar-refractivity contribution >= 4 is 16.3 Å². The Kier molecular flexibility index (Phi) is 2.88. The van der Waals surface area contributed by atoms with Gasteiger partial charge in [-0.1, -0.05) is 12.1 Å². The number of hydrogen-bond acceptors (Lipinski definition) is 3. The fourth-order valence-corrected chi connectivity index (χ4v) is 2.15. The highest BCUT2D eigenvalue weighted by Gasteiger charge is 2.10. The average molecular weight is 230 g/mol. The van der Waals surface area contributed by atoms with E-state index in [9.17, 15) is 0 Å². The Morgan fingerprint density at radius 3 is 2.56 bits per heavy atom. The van der Waals surface area contributed by atoms with Gasteiger partial charge < -0.3 is 4.74 Å². The third-order valence-corrected chi connectivity index (χ3v) is 3.05. The number of aromatic nitrogens is 1. The fourth-order valence-electron chi connectivity index (χ4n) is 1.43. The number of benzene rings is 1. The van der Waals surface area contributed by atoms with E-state index >= 15 is 0 Å². The molecule has 0 amide bonds. The van der Waals surface area contributed by atoms with E-state index in [1.54, 1.807) is 7.11 Å². The highest BCUT2D eigenvalue weighted by atomic mass is 32.1. The lowest BCUT2D eigenvalue weighted by Crippen LogP contribution is -1.83. The lowest BCUT2D eigenvalue weighted by atomic mass is 10.1. The highest BCUT2D eigenvalue weighted by Crippen LogP contribution is 2.35. The summed E-state index contributed by atoms with van der Waals surface area (Å²) < 4.78 is 5.09. The standard InChI is InChI=1S/C12H10N2OS/c1-8-14-11(12(13-2)16-8)9-4-6-10(15-3)7-5-9/h4-7H,1,3H3. The second kappa shape index (κ2) is 4.33. The molecular weight excluding hydrogens is 220 g/mol. The van der Waals surface area contributed by atoms with Gasteiger partial charge in [-0.3, -0.25) is 4.98 Å². The molecule has 1 aromatic carbocycles. The fraction of sp³-hybridized carbons (Fsp3) is 0.167. The van der Waals surface area contributed by atoms with Crippen molar-refractivity contribution in [3.05, 3.63) is 40.7 Å². The number of rotatable bonds is 2. The minimum Gasteiger partial charge on any atom is -0.497 e. The second-order valence-corrected chi connectivity index (χ2v) is 4.41. The van der Waals surface area contributed by atoms with E-state index < -0.39 is 0 Å². The number of ether oxygens (including phenoxy) is 1. The average Bonchev–Trinajstić information content (AvgIpc) is 2.70. The van der Waals surface area contributed by atoms with Crippen LogP contribution in [-0.4, -0.2) is 12.1 Å². The molecule has 2 rings (SSSR count). The lowest BCUT2D eigenvalue weighted by molar-refractivity contribution is 0.415. The number of aryl methyl sites for hydroxylation is 1. The van der Waals surface area contributed by atoms with Crippen LogP contribution in [0, 0.1) is 13.5 Å². The van der Waals surface area contributed by atoms with Gasteiger partial charge in [-0.25, -0.2) is 4.85 Å². The molecule has 0 radical (unpaired) electrons. The van der Waals surface area contributed by atoms with Gasteiger partial charge in [0.15, 0.2) is 0 Å². The van der Waals surface area contributed by atoms with Crippen molar-refractivity contribution in [3.8, 4) is 17.0 Å². The van der Waals surface area contributed by atoms with Crippen LogP contribution in [0.2, 0.25) is 0 Å². The normalized spacial score (nSPS) is 9.81. The van der Waals surface area contributed by atoms with Crippen molar-refractivity contribution in [1.82, 2.24) is 4.98 Å². The van der Waals surface area contributed by atoms with Crippen LogP contribution in [0.1, 0.15) is 5.01 Å². The third kappa shape index (κ3) is 1.90. The van der Waals surface area contributed by atoms with Crippen molar-refractivity contribution in [2.75, 3.05) is 7.11 Å². The van der Waals surface area contributed by atoms with Gasteiger partial charge in [0.05, 0.1) is 24.4 Å². The summed E-state index contributed by atoms with van der Waals surface area (Å²) in [6.45, 7) is 9.01. The zero-order chi connectivity index (χ0) is 11.5. The van der Waals surface area contributed by atoms with Crippen LogP contribution in [0.4, 0.5) is 5.00 Å². The van der Waals surface area contributed by atoms with Gasteiger partial charge in [0.2, 0.25) is 0 Å². The van der Waals surface area contributed by atoms with E-state index in [1.807, 2.05) is 31.2 Å². The first kappa shape index (κ1) is 10.7. The van der Waals surface area contributed by atoms with E-state index in [-0.39, 0.29) is 0 Å². The lowest BCUT2D eigenvalue weighted by Gasteiger charge is -2.01. The van der Waals surface area contributed by atoms with Gasteiger partial charge in [-0.2, -0.15) is 0 Å². The number of nitrogens with zero attached hydrogens (tertiary/aromatic N) is 2. The predicted octanol–water partition coefficient (Wildman–Crippen LogP) is 3.68. The molecule has 1 aromatic heterocycles. The molecule has 0 aliphatic carbocycles. The number of methoxy groups -OCH3 is 1.